The topological polar surface area (TPSA) is 88.7 Å². The molecule has 0 saturated carbocycles. The highest BCUT2D eigenvalue weighted by Gasteiger charge is 2.33. The average molecular weight is 487 g/mol. The van der Waals surface area contributed by atoms with Gasteiger partial charge in [-0.25, -0.2) is 9.59 Å². The first kappa shape index (κ1) is 23.8. The molecule has 1 saturated heterocycles. The van der Waals surface area contributed by atoms with E-state index in [-0.39, 0.29) is 24.1 Å². The Hall–Kier alpha value is -3.94. The molecule has 8 nitrogen and oxygen atoms in total. The van der Waals surface area contributed by atoms with Gasteiger partial charge in [0.2, 0.25) is 0 Å². The maximum Gasteiger partial charge on any atom is 0.322 e. The lowest BCUT2D eigenvalue weighted by Gasteiger charge is -2.40. The van der Waals surface area contributed by atoms with Crippen molar-refractivity contribution in [3.8, 4) is 0 Å². The summed E-state index contributed by atoms with van der Waals surface area (Å²) in [6.07, 6.45) is 2.98. The Morgan fingerprint density at radius 3 is 2.61 bits per heavy atom. The molecule has 0 unspecified atom stereocenters. The highest BCUT2D eigenvalue weighted by atomic mass is 16.2. The van der Waals surface area contributed by atoms with Crippen LogP contribution in [0.4, 0.5) is 26.7 Å². The van der Waals surface area contributed by atoms with E-state index in [0.29, 0.717) is 26.1 Å². The molecule has 5 rings (SSSR count). The van der Waals surface area contributed by atoms with E-state index >= 15 is 0 Å². The predicted octanol–water partition coefficient (Wildman–Crippen LogP) is 5.09. The summed E-state index contributed by atoms with van der Waals surface area (Å²) < 4.78 is 0. The summed E-state index contributed by atoms with van der Waals surface area (Å²) in [5.74, 6) is 0.764. The summed E-state index contributed by atoms with van der Waals surface area (Å²) in [5, 5.41) is 12.6. The number of carbonyl (C=O) groups is 2. The molecule has 3 aliphatic heterocycles. The van der Waals surface area contributed by atoms with Crippen LogP contribution in [0.25, 0.3) is 0 Å². The van der Waals surface area contributed by atoms with Crippen molar-refractivity contribution in [1.82, 2.24) is 15.1 Å². The van der Waals surface area contributed by atoms with Gasteiger partial charge in [0.1, 0.15) is 5.82 Å². The van der Waals surface area contributed by atoms with E-state index in [4.69, 9.17) is 0 Å². The smallest absolute Gasteiger partial charge is 0.322 e. The standard InChI is InChI=1S/C28H34N6O2/c1-4-18(2)25(15-20-9-10-24-26(16-20)30-19(3)29-24)32-27(35)33-13-11-22(12-14-33)34-17-21-7-5-6-8-23(21)31-28(34)36/h5-10,16,22,25,29-30H,2-4,11-15,17H2,1H3,(H,31,36)(H,32,35)/t25-/m1/s1. The highest BCUT2D eigenvalue weighted by molar-refractivity contribution is 5.92. The zero-order valence-corrected chi connectivity index (χ0v) is 20.8. The summed E-state index contributed by atoms with van der Waals surface area (Å²) in [7, 11) is 0. The number of benzene rings is 2. The van der Waals surface area contributed by atoms with Gasteiger partial charge in [-0.15, -0.1) is 0 Å². The van der Waals surface area contributed by atoms with Crippen molar-refractivity contribution in [3.63, 3.8) is 0 Å². The van der Waals surface area contributed by atoms with Crippen LogP contribution >= 0.6 is 0 Å². The van der Waals surface area contributed by atoms with Crippen molar-refractivity contribution in [2.75, 3.05) is 29.0 Å². The Kier molecular flexibility index (Phi) is 6.59. The quantitative estimate of drug-likeness (QED) is 0.428. The summed E-state index contributed by atoms with van der Waals surface area (Å²) >= 11 is 0. The average Bonchev–Trinajstić information content (AvgIpc) is 3.26. The second kappa shape index (κ2) is 9.97. The Labute approximate surface area is 212 Å². The number of fused-ring (bicyclic) bond motifs is 2. The van der Waals surface area contributed by atoms with E-state index in [2.05, 4.69) is 59.5 Å². The van der Waals surface area contributed by atoms with Gasteiger partial charge in [-0.3, -0.25) is 0 Å². The highest BCUT2D eigenvalue weighted by Crippen LogP contribution is 2.31. The molecule has 188 valence electrons. The molecule has 4 amide bonds. The molecule has 2 aromatic rings. The molecule has 4 N–H and O–H groups in total. The molecule has 8 heteroatoms. The fourth-order valence-corrected chi connectivity index (χ4v) is 5.21. The normalized spacial score (nSPS) is 17.9. The van der Waals surface area contributed by atoms with Crippen molar-refractivity contribution in [2.24, 2.45) is 0 Å². The van der Waals surface area contributed by atoms with Crippen LogP contribution in [-0.2, 0) is 13.0 Å². The molecule has 3 aliphatic rings. The third-order valence-corrected chi connectivity index (χ3v) is 7.39. The zero-order chi connectivity index (χ0) is 25.2. The van der Waals surface area contributed by atoms with E-state index in [0.717, 1.165) is 58.8 Å². The molecule has 2 aromatic carbocycles. The molecule has 0 radical (unpaired) electrons. The minimum absolute atomic E-state index is 0.0569. The van der Waals surface area contributed by atoms with E-state index in [1.165, 1.54) is 0 Å². The molecule has 0 aliphatic carbocycles. The third-order valence-electron chi connectivity index (χ3n) is 7.39. The van der Waals surface area contributed by atoms with Crippen LogP contribution in [0.1, 0.15) is 37.3 Å². The van der Waals surface area contributed by atoms with E-state index in [1.54, 1.807) is 0 Å². The summed E-state index contributed by atoms with van der Waals surface area (Å²) in [4.78, 5) is 29.7. The van der Waals surface area contributed by atoms with E-state index in [9.17, 15) is 9.59 Å². The second-order valence-corrected chi connectivity index (χ2v) is 9.76. The summed E-state index contributed by atoms with van der Waals surface area (Å²) in [5.41, 5.74) is 6.13. The number of piperidine rings is 1. The van der Waals surface area contributed by atoms with Crippen LogP contribution in [0.3, 0.4) is 0 Å². The number of nitrogens with zero attached hydrogens (tertiary/aromatic N) is 2. The van der Waals surface area contributed by atoms with Crippen molar-refractivity contribution in [2.45, 2.75) is 51.2 Å². The molecule has 1 fully saturated rings. The Bertz CT molecular complexity index is 1200. The van der Waals surface area contributed by atoms with Crippen LogP contribution in [0.2, 0.25) is 0 Å². The number of nitrogens with one attached hydrogen (secondary N) is 4. The molecule has 0 spiro atoms. The first-order chi connectivity index (χ1) is 17.4. The Balaban J connectivity index is 1.18. The van der Waals surface area contributed by atoms with Gasteiger partial charge < -0.3 is 31.1 Å². The Morgan fingerprint density at radius 2 is 1.83 bits per heavy atom. The molecule has 0 aromatic heterocycles. The second-order valence-electron chi connectivity index (χ2n) is 9.76. The van der Waals surface area contributed by atoms with Crippen molar-refractivity contribution < 1.29 is 9.59 Å². The number of para-hydroxylation sites is 1. The first-order valence-electron chi connectivity index (χ1n) is 12.7. The van der Waals surface area contributed by atoms with Crippen LogP contribution in [0, 0.1) is 0 Å². The maximum atomic E-state index is 13.2. The van der Waals surface area contributed by atoms with Crippen LogP contribution < -0.4 is 21.3 Å². The molecular formula is C28H34N6O2. The number of amides is 4. The molecular weight excluding hydrogens is 452 g/mol. The van der Waals surface area contributed by atoms with E-state index < -0.39 is 0 Å². The lowest BCUT2D eigenvalue weighted by Crippen LogP contribution is -2.54. The van der Waals surface area contributed by atoms with Crippen LogP contribution in [0.5, 0.6) is 0 Å². The Morgan fingerprint density at radius 1 is 1.08 bits per heavy atom. The molecule has 1 atom stereocenters. The maximum absolute atomic E-state index is 13.2. The van der Waals surface area contributed by atoms with Gasteiger partial charge >= 0.3 is 12.1 Å². The zero-order valence-electron chi connectivity index (χ0n) is 20.8. The molecule has 0 bridgehead atoms. The van der Waals surface area contributed by atoms with Gasteiger partial charge in [0.25, 0.3) is 0 Å². The van der Waals surface area contributed by atoms with Crippen molar-refractivity contribution in [3.05, 3.63) is 78.1 Å². The number of rotatable bonds is 6. The predicted molar refractivity (Wildman–Crippen MR) is 144 cm³/mol. The number of hydrogen-bond acceptors (Lipinski definition) is 4. The van der Waals surface area contributed by atoms with Gasteiger partial charge in [-0.1, -0.05) is 49.9 Å². The molecule has 36 heavy (non-hydrogen) atoms. The minimum Gasteiger partial charge on any atom is -0.341 e. The minimum atomic E-state index is -0.153. The summed E-state index contributed by atoms with van der Waals surface area (Å²) in [6, 6.07) is 13.9. The van der Waals surface area contributed by atoms with Gasteiger partial charge in [-0.05, 0) is 55.0 Å². The lowest BCUT2D eigenvalue weighted by molar-refractivity contribution is 0.127. The monoisotopic (exact) mass is 486 g/mol. The SMILES string of the molecule is C=C1Nc2ccc(C[C@@H](NC(=O)N3CCC(N4Cc5ccccc5NC4=O)CC3)C(=C)CC)cc2N1. The largest absolute Gasteiger partial charge is 0.341 e. The first-order valence-corrected chi connectivity index (χ1v) is 12.7. The van der Waals surface area contributed by atoms with Gasteiger partial charge in [0.05, 0.1) is 17.4 Å². The number of anilines is 3. The fraction of sp³-hybridized carbons (Fsp3) is 0.357. The van der Waals surface area contributed by atoms with Gasteiger partial charge in [0, 0.05) is 31.4 Å². The summed E-state index contributed by atoms with van der Waals surface area (Å²) in [6.45, 7) is 12.0. The van der Waals surface area contributed by atoms with Crippen molar-refractivity contribution in [1.29, 1.82) is 0 Å². The molecule has 3 heterocycles. The third kappa shape index (κ3) is 4.89. The number of likely N-dealkylation sites (tertiary alicyclic amines) is 1. The van der Waals surface area contributed by atoms with Crippen LogP contribution in [-0.4, -0.2) is 47.0 Å². The van der Waals surface area contributed by atoms with Gasteiger partial charge in [-0.2, -0.15) is 0 Å². The lowest BCUT2D eigenvalue weighted by atomic mass is 9.97. The number of hydrogen-bond donors (Lipinski definition) is 4. The fourth-order valence-electron chi connectivity index (χ4n) is 5.21. The number of urea groups is 2. The van der Waals surface area contributed by atoms with Crippen molar-refractivity contribution >= 4 is 29.1 Å². The van der Waals surface area contributed by atoms with Gasteiger partial charge in [0.15, 0.2) is 0 Å². The van der Waals surface area contributed by atoms with E-state index in [1.807, 2.05) is 34.1 Å². The van der Waals surface area contributed by atoms with Crippen LogP contribution in [0.15, 0.2) is 67.0 Å². The number of carbonyl (C=O) groups excluding carboxylic acids is 2.